The van der Waals surface area contributed by atoms with E-state index in [-0.39, 0.29) is 30.9 Å². The lowest BCUT2D eigenvalue weighted by molar-refractivity contribution is -0.142. The minimum atomic E-state index is -0.891. The number of carbonyl (C=O) groups is 2. The van der Waals surface area contributed by atoms with Crippen LogP contribution >= 0.6 is 12.4 Å². The molecule has 18 heavy (non-hydrogen) atoms. The third-order valence-corrected chi connectivity index (χ3v) is 2.83. The van der Waals surface area contributed by atoms with Crippen molar-refractivity contribution in [3.05, 3.63) is 0 Å². The number of nitrogens with zero attached hydrogens (tertiary/aromatic N) is 2. The molecule has 0 aromatic heterocycles. The zero-order valence-electron chi connectivity index (χ0n) is 11.7. The topological polar surface area (TPSA) is 60.9 Å². The molecule has 5 nitrogen and oxygen atoms in total. The summed E-state index contributed by atoms with van der Waals surface area (Å²) in [7, 11) is 0. The van der Waals surface area contributed by atoms with Crippen molar-refractivity contribution < 1.29 is 14.7 Å². The lowest BCUT2D eigenvalue weighted by Gasteiger charge is -2.30. The first-order valence-corrected chi connectivity index (χ1v) is 6.22. The van der Waals surface area contributed by atoms with Gasteiger partial charge in [0.15, 0.2) is 0 Å². The summed E-state index contributed by atoms with van der Waals surface area (Å²) in [6, 6.07) is -0.369. The summed E-state index contributed by atoms with van der Waals surface area (Å²) < 4.78 is 0. The van der Waals surface area contributed by atoms with Gasteiger partial charge in [0, 0.05) is 13.1 Å². The summed E-state index contributed by atoms with van der Waals surface area (Å²) in [6.45, 7) is 9.47. The summed E-state index contributed by atoms with van der Waals surface area (Å²) in [4.78, 5) is 26.3. The molecule has 0 heterocycles. The molecular formula is C12H25ClN2O3. The van der Waals surface area contributed by atoms with Crippen molar-refractivity contribution in [3.63, 3.8) is 0 Å². The van der Waals surface area contributed by atoms with Crippen LogP contribution in [0.15, 0.2) is 0 Å². The van der Waals surface area contributed by atoms with Crippen LogP contribution in [0, 0.1) is 0 Å². The highest BCUT2D eigenvalue weighted by molar-refractivity contribution is 5.85. The van der Waals surface area contributed by atoms with Gasteiger partial charge in [-0.25, -0.2) is 0 Å². The molecule has 0 aromatic carbocycles. The van der Waals surface area contributed by atoms with E-state index < -0.39 is 5.97 Å². The monoisotopic (exact) mass is 280 g/mol. The normalized spacial score (nSPS) is 11.8. The van der Waals surface area contributed by atoms with Crippen LogP contribution in [0.25, 0.3) is 0 Å². The molecule has 0 saturated carbocycles. The molecule has 0 aliphatic carbocycles. The molecule has 0 bridgehead atoms. The summed E-state index contributed by atoms with van der Waals surface area (Å²) in [5, 5.41) is 8.83. The maximum atomic E-state index is 12.1. The van der Waals surface area contributed by atoms with Crippen molar-refractivity contribution in [2.24, 2.45) is 0 Å². The molecule has 108 valence electrons. The Bertz CT molecular complexity index is 258. The first-order valence-electron chi connectivity index (χ1n) is 6.22. The molecule has 0 saturated heterocycles. The SMILES string of the molecule is CCCN(CC(=O)O)C(C)C(=O)N(CC)CC.Cl. The molecule has 0 aromatic rings. The predicted octanol–water partition coefficient (Wildman–Crippen LogP) is 1.46. The number of carboxylic acids is 1. The maximum absolute atomic E-state index is 12.1. The zero-order chi connectivity index (χ0) is 13.4. The molecule has 0 fully saturated rings. The number of hydrogen-bond acceptors (Lipinski definition) is 3. The molecule has 0 aliphatic heterocycles. The van der Waals surface area contributed by atoms with Crippen molar-refractivity contribution in [1.29, 1.82) is 0 Å². The van der Waals surface area contributed by atoms with Crippen molar-refractivity contribution in [1.82, 2.24) is 9.80 Å². The maximum Gasteiger partial charge on any atom is 0.317 e. The molecule has 1 N–H and O–H groups in total. The Morgan fingerprint density at radius 3 is 2.00 bits per heavy atom. The zero-order valence-corrected chi connectivity index (χ0v) is 12.5. The quantitative estimate of drug-likeness (QED) is 0.731. The lowest BCUT2D eigenvalue weighted by Crippen LogP contribution is -2.48. The Balaban J connectivity index is 0. The Morgan fingerprint density at radius 2 is 1.67 bits per heavy atom. The van der Waals surface area contributed by atoms with Gasteiger partial charge in [-0.2, -0.15) is 0 Å². The summed E-state index contributed by atoms with van der Waals surface area (Å²) in [5.74, 6) is -0.887. The average molecular weight is 281 g/mol. The fourth-order valence-electron chi connectivity index (χ4n) is 1.83. The molecule has 0 aliphatic rings. The van der Waals surface area contributed by atoms with Gasteiger partial charge in [-0.05, 0) is 33.7 Å². The number of halogens is 1. The minimum Gasteiger partial charge on any atom is -0.480 e. The van der Waals surface area contributed by atoms with Gasteiger partial charge in [0.1, 0.15) is 0 Å². The Kier molecular flexibility index (Phi) is 11.0. The molecule has 0 radical (unpaired) electrons. The molecule has 1 unspecified atom stereocenters. The second kappa shape index (κ2) is 10.1. The van der Waals surface area contributed by atoms with E-state index in [0.717, 1.165) is 6.42 Å². The lowest BCUT2D eigenvalue weighted by atomic mass is 10.2. The van der Waals surface area contributed by atoms with Gasteiger partial charge >= 0.3 is 5.97 Å². The number of likely N-dealkylation sites (N-methyl/N-ethyl adjacent to an activating group) is 1. The van der Waals surface area contributed by atoms with E-state index in [2.05, 4.69) is 0 Å². The highest BCUT2D eigenvalue weighted by Crippen LogP contribution is 2.05. The van der Waals surface area contributed by atoms with Crippen LogP contribution in [0.3, 0.4) is 0 Å². The molecule has 1 amide bonds. The summed E-state index contributed by atoms with van der Waals surface area (Å²) in [6.07, 6.45) is 0.836. The molecule has 0 rings (SSSR count). The van der Waals surface area contributed by atoms with Crippen LogP contribution in [0.2, 0.25) is 0 Å². The van der Waals surface area contributed by atoms with Gasteiger partial charge in [0.2, 0.25) is 5.91 Å². The highest BCUT2D eigenvalue weighted by atomic mass is 35.5. The van der Waals surface area contributed by atoms with Crippen LogP contribution in [0.1, 0.15) is 34.1 Å². The van der Waals surface area contributed by atoms with Crippen molar-refractivity contribution in [2.45, 2.75) is 40.2 Å². The first-order chi connectivity index (χ1) is 7.97. The average Bonchev–Trinajstić information content (AvgIpc) is 2.28. The number of amides is 1. The van der Waals surface area contributed by atoms with Crippen LogP contribution in [0.5, 0.6) is 0 Å². The van der Waals surface area contributed by atoms with E-state index in [1.807, 2.05) is 20.8 Å². The number of hydrogen-bond donors (Lipinski definition) is 1. The van der Waals surface area contributed by atoms with E-state index in [0.29, 0.717) is 19.6 Å². The van der Waals surface area contributed by atoms with E-state index >= 15 is 0 Å². The van der Waals surface area contributed by atoms with E-state index in [4.69, 9.17) is 5.11 Å². The minimum absolute atomic E-state index is 0. The van der Waals surface area contributed by atoms with Crippen LogP contribution in [0.4, 0.5) is 0 Å². The number of aliphatic carboxylic acids is 1. The van der Waals surface area contributed by atoms with Crippen molar-refractivity contribution >= 4 is 24.3 Å². The smallest absolute Gasteiger partial charge is 0.317 e. The molecule has 6 heteroatoms. The second-order valence-electron chi connectivity index (χ2n) is 4.05. The molecule has 1 atom stereocenters. The molecular weight excluding hydrogens is 256 g/mol. The van der Waals surface area contributed by atoms with E-state index in [1.165, 1.54) is 0 Å². The van der Waals surface area contributed by atoms with Crippen LogP contribution in [-0.4, -0.2) is 59.0 Å². The van der Waals surface area contributed by atoms with Crippen molar-refractivity contribution in [2.75, 3.05) is 26.2 Å². The van der Waals surface area contributed by atoms with Gasteiger partial charge in [-0.1, -0.05) is 6.92 Å². The van der Waals surface area contributed by atoms with Crippen LogP contribution in [-0.2, 0) is 9.59 Å². The highest BCUT2D eigenvalue weighted by Gasteiger charge is 2.25. The first kappa shape index (κ1) is 19.5. The number of carboxylic acid groups (broad SMARTS) is 1. The third-order valence-electron chi connectivity index (χ3n) is 2.83. The predicted molar refractivity (Wildman–Crippen MR) is 74.1 cm³/mol. The van der Waals surface area contributed by atoms with Gasteiger partial charge in [0.05, 0.1) is 12.6 Å². The van der Waals surface area contributed by atoms with Crippen LogP contribution < -0.4 is 0 Å². The Hall–Kier alpha value is -0.810. The van der Waals surface area contributed by atoms with E-state index in [1.54, 1.807) is 16.7 Å². The standard InChI is InChI=1S/C12H24N2O3.ClH/c1-5-8-14(9-11(15)16)10(4)12(17)13(6-2)7-3;/h10H,5-9H2,1-4H3,(H,15,16);1H. The second-order valence-corrected chi connectivity index (χ2v) is 4.05. The fourth-order valence-corrected chi connectivity index (χ4v) is 1.83. The van der Waals surface area contributed by atoms with Gasteiger partial charge in [-0.3, -0.25) is 14.5 Å². The van der Waals surface area contributed by atoms with Gasteiger partial charge in [-0.15, -0.1) is 12.4 Å². The largest absolute Gasteiger partial charge is 0.480 e. The Morgan fingerprint density at radius 1 is 1.17 bits per heavy atom. The van der Waals surface area contributed by atoms with E-state index in [9.17, 15) is 9.59 Å². The number of carbonyl (C=O) groups excluding carboxylic acids is 1. The third kappa shape index (κ3) is 6.21. The summed E-state index contributed by atoms with van der Waals surface area (Å²) >= 11 is 0. The molecule has 0 spiro atoms. The Labute approximate surface area is 116 Å². The van der Waals surface area contributed by atoms with Gasteiger partial charge < -0.3 is 10.0 Å². The van der Waals surface area contributed by atoms with Crippen molar-refractivity contribution in [3.8, 4) is 0 Å². The number of rotatable bonds is 8. The summed E-state index contributed by atoms with van der Waals surface area (Å²) in [5.41, 5.74) is 0. The fraction of sp³-hybridized carbons (Fsp3) is 0.833. The van der Waals surface area contributed by atoms with Gasteiger partial charge in [0.25, 0.3) is 0 Å².